The van der Waals surface area contributed by atoms with Gasteiger partial charge in [-0.3, -0.25) is 0 Å². The van der Waals surface area contributed by atoms with Gasteiger partial charge in [-0.05, 0) is 60.2 Å². The van der Waals surface area contributed by atoms with Crippen molar-refractivity contribution in [2.75, 3.05) is 7.11 Å². The molecule has 0 saturated carbocycles. The Kier molecular flexibility index (Phi) is 3.35. The van der Waals surface area contributed by atoms with Gasteiger partial charge in [0.2, 0.25) is 0 Å². The Hall–Kier alpha value is -1.58. The van der Waals surface area contributed by atoms with Crippen LogP contribution >= 0.6 is 0 Å². The van der Waals surface area contributed by atoms with Crippen molar-refractivity contribution in [3.63, 3.8) is 0 Å². The van der Waals surface area contributed by atoms with Gasteiger partial charge in [0.05, 0.1) is 12.7 Å². The minimum atomic E-state index is -0.685. The van der Waals surface area contributed by atoms with Crippen LogP contribution in [0.4, 0.5) is 0 Å². The third kappa shape index (κ3) is 2.38. The number of nitrogens with one attached hydrogen (secondary N) is 1. The predicted molar refractivity (Wildman–Crippen MR) is 88.2 cm³/mol. The molecule has 2 aromatic rings. The van der Waals surface area contributed by atoms with Gasteiger partial charge in [0.15, 0.2) is 0 Å². The third-order valence-electron chi connectivity index (χ3n) is 5.33. The van der Waals surface area contributed by atoms with Crippen molar-refractivity contribution in [3.05, 3.63) is 42.0 Å². The Labute approximate surface area is 131 Å². The molecule has 2 fully saturated rings. The lowest BCUT2D eigenvalue weighted by Gasteiger charge is -2.45. The number of benzene rings is 2. The Balaban J connectivity index is 1.70. The summed E-state index contributed by atoms with van der Waals surface area (Å²) in [4.78, 5) is 0. The molecule has 2 unspecified atom stereocenters. The van der Waals surface area contributed by atoms with E-state index in [2.05, 4.69) is 29.6 Å². The fourth-order valence-electron chi connectivity index (χ4n) is 4.21. The van der Waals surface area contributed by atoms with Crippen molar-refractivity contribution >= 4 is 10.8 Å². The lowest BCUT2D eigenvalue weighted by atomic mass is 9.73. The molecule has 3 heteroatoms. The maximum absolute atomic E-state index is 11.2. The van der Waals surface area contributed by atoms with Gasteiger partial charge in [-0.15, -0.1) is 0 Å². The fourth-order valence-corrected chi connectivity index (χ4v) is 4.21. The normalized spacial score (nSPS) is 31.2. The molecular weight excluding hydrogens is 274 g/mol. The van der Waals surface area contributed by atoms with Gasteiger partial charge in [0.25, 0.3) is 0 Å². The number of rotatable bonds is 2. The van der Waals surface area contributed by atoms with Crippen molar-refractivity contribution in [2.45, 2.75) is 49.8 Å². The minimum absolute atomic E-state index is 0.462. The van der Waals surface area contributed by atoms with Crippen LogP contribution in [0.3, 0.4) is 0 Å². The van der Waals surface area contributed by atoms with Crippen LogP contribution in [0.15, 0.2) is 36.4 Å². The first-order valence-corrected chi connectivity index (χ1v) is 8.23. The number of ether oxygens (including phenoxy) is 1. The minimum Gasteiger partial charge on any atom is -0.497 e. The molecule has 4 rings (SSSR count). The van der Waals surface area contributed by atoms with E-state index in [1.54, 1.807) is 7.11 Å². The number of aliphatic hydroxyl groups is 1. The molecule has 2 aliphatic heterocycles. The quantitative estimate of drug-likeness (QED) is 0.893. The first kappa shape index (κ1) is 14.0. The van der Waals surface area contributed by atoms with Gasteiger partial charge in [-0.1, -0.05) is 24.6 Å². The molecule has 0 aromatic heterocycles. The summed E-state index contributed by atoms with van der Waals surface area (Å²) in [6, 6.07) is 13.4. The maximum Gasteiger partial charge on any atom is 0.119 e. The maximum atomic E-state index is 11.2. The summed E-state index contributed by atoms with van der Waals surface area (Å²) in [5, 5.41) is 17.2. The highest BCUT2D eigenvalue weighted by Gasteiger charge is 2.41. The van der Waals surface area contributed by atoms with Crippen molar-refractivity contribution < 1.29 is 9.84 Å². The topological polar surface area (TPSA) is 41.5 Å². The molecule has 2 heterocycles. The number of methoxy groups -OCH3 is 1. The van der Waals surface area contributed by atoms with E-state index in [1.807, 2.05) is 12.1 Å². The molecule has 22 heavy (non-hydrogen) atoms. The van der Waals surface area contributed by atoms with E-state index in [-0.39, 0.29) is 0 Å². The molecule has 2 atom stereocenters. The highest BCUT2D eigenvalue weighted by atomic mass is 16.5. The van der Waals surface area contributed by atoms with E-state index >= 15 is 0 Å². The van der Waals surface area contributed by atoms with Crippen LogP contribution in [0.1, 0.15) is 37.7 Å². The van der Waals surface area contributed by atoms with E-state index in [0.29, 0.717) is 12.1 Å². The lowest BCUT2D eigenvalue weighted by Crippen LogP contribution is -2.54. The number of hydrogen-bond donors (Lipinski definition) is 2. The molecule has 0 radical (unpaired) electrons. The van der Waals surface area contributed by atoms with Gasteiger partial charge in [-0.25, -0.2) is 0 Å². The molecule has 3 nitrogen and oxygen atoms in total. The highest BCUT2D eigenvalue weighted by molar-refractivity contribution is 5.84. The van der Waals surface area contributed by atoms with Crippen molar-refractivity contribution in [1.82, 2.24) is 5.32 Å². The standard InChI is InChI=1S/C19H23NO2/c1-22-18-8-6-13-9-15(7-5-14(13)10-18)19(21)11-16-3-2-4-17(12-19)20-16/h5-10,16-17,20-21H,2-4,11-12H2,1H3. The second-order valence-corrected chi connectivity index (χ2v) is 6.86. The van der Waals surface area contributed by atoms with E-state index in [9.17, 15) is 5.11 Å². The summed E-state index contributed by atoms with van der Waals surface area (Å²) in [5.74, 6) is 0.871. The number of hydrogen-bond acceptors (Lipinski definition) is 3. The molecule has 2 bridgehead atoms. The van der Waals surface area contributed by atoms with Crippen LogP contribution in [0.2, 0.25) is 0 Å². The van der Waals surface area contributed by atoms with E-state index in [4.69, 9.17) is 4.74 Å². The van der Waals surface area contributed by atoms with E-state index in [0.717, 1.165) is 34.9 Å². The van der Waals surface area contributed by atoms with Gasteiger partial charge in [-0.2, -0.15) is 0 Å². The summed E-state index contributed by atoms with van der Waals surface area (Å²) in [6.07, 6.45) is 5.30. The van der Waals surface area contributed by atoms with E-state index < -0.39 is 5.60 Å². The molecule has 0 aliphatic carbocycles. The monoisotopic (exact) mass is 297 g/mol. The smallest absolute Gasteiger partial charge is 0.119 e. The molecular formula is C19H23NO2. The lowest BCUT2D eigenvalue weighted by molar-refractivity contribution is -0.0357. The molecule has 2 aliphatic rings. The summed E-state index contributed by atoms with van der Waals surface area (Å²) < 4.78 is 5.28. The Morgan fingerprint density at radius 3 is 2.45 bits per heavy atom. The third-order valence-corrected chi connectivity index (χ3v) is 5.33. The van der Waals surface area contributed by atoms with Gasteiger partial charge in [0.1, 0.15) is 5.75 Å². The molecule has 2 N–H and O–H groups in total. The van der Waals surface area contributed by atoms with E-state index in [1.165, 1.54) is 19.3 Å². The second kappa shape index (κ2) is 5.25. The molecule has 2 aromatic carbocycles. The van der Waals surface area contributed by atoms with Crippen LogP contribution in [-0.4, -0.2) is 24.3 Å². The molecule has 0 spiro atoms. The van der Waals surface area contributed by atoms with Crippen LogP contribution in [0, 0.1) is 0 Å². The first-order chi connectivity index (χ1) is 10.7. The molecule has 116 valence electrons. The summed E-state index contributed by atoms with van der Waals surface area (Å²) in [7, 11) is 1.69. The van der Waals surface area contributed by atoms with Crippen molar-refractivity contribution in [1.29, 1.82) is 0 Å². The summed E-state index contributed by atoms with van der Waals surface area (Å²) in [5.41, 5.74) is 0.373. The Bertz CT molecular complexity index is 685. The van der Waals surface area contributed by atoms with Crippen molar-refractivity contribution in [3.8, 4) is 5.75 Å². The van der Waals surface area contributed by atoms with Gasteiger partial charge >= 0.3 is 0 Å². The van der Waals surface area contributed by atoms with Gasteiger partial charge in [0, 0.05) is 12.1 Å². The van der Waals surface area contributed by atoms with Crippen molar-refractivity contribution in [2.24, 2.45) is 0 Å². The molecule has 2 saturated heterocycles. The zero-order chi connectivity index (χ0) is 15.2. The average molecular weight is 297 g/mol. The SMILES string of the molecule is COc1ccc2cc(C3(O)CC4CCCC(C3)N4)ccc2c1. The largest absolute Gasteiger partial charge is 0.497 e. The van der Waals surface area contributed by atoms with Crippen LogP contribution < -0.4 is 10.1 Å². The summed E-state index contributed by atoms with van der Waals surface area (Å²) >= 11 is 0. The zero-order valence-corrected chi connectivity index (χ0v) is 13.0. The highest BCUT2D eigenvalue weighted by Crippen LogP contribution is 2.40. The molecule has 0 amide bonds. The number of piperidine rings is 2. The first-order valence-electron chi connectivity index (χ1n) is 8.23. The second-order valence-electron chi connectivity index (χ2n) is 6.86. The summed E-state index contributed by atoms with van der Waals surface area (Å²) in [6.45, 7) is 0. The van der Waals surface area contributed by atoms with Crippen LogP contribution in [0.5, 0.6) is 5.75 Å². The van der Waals surface area contributed by atoms with Gasteiger partial charge < -0.3 is 15.2 Å². The van der Waals surface area contributed by atoms with Crippen LogP contribution in [0.25, 0.3) is 10.8 Å². The Morgan fingerprint density at radius 2 is 1.73 bits per heavy atom. The Morgan fingerprint density at radius 1 is 1.05 bits per heavy atom. The average Bonchev–Trinajstić information content (AvgIpc) is 2.53. The predicted octanol–water partition coefficient (Wildman–Crippen LogP) is 3.34. The number of fused-ring (bicyclic) bond motifs is 3. The van der Waals surface area contributed by atoms with Crippen LogP contribution in [-0.2, 0) is 5.60 Å². The zero-order valence-electron chi connectivity index (χ0n) is 13.0. The fraction of sp³-hybridized carbons (Fsp3) is 0.474.